The summed E-state index contributed by atoms with van der Waals surface area (Å²) in [6, 6.07) is 5.80. The van der Waals surface area contributed by atoms with E-state index < -0.39 is 0 Å². The van der Waals surface area contributed by atoms with Crippen LogP contribution in [-0.4, -0.2) is 48.2 Å². The van der Waals surface area contributed by atoms with Crippen LogP contribution in [0.4, 0.5) is 0 Å². The molecule has 1 aliphatic heterocycles. The largest absolute Gasteiger partial charge is 0.489 e. The number of morpholine rings is 1. The molecule has 0 bridgehead atoms. The van der Waals surface area contributed by atoms with Crippen LogP contribution in [0.3, 0.4) is 0 Å². The van der Waals surface area contributed by atoms with Crippen LogP contribution in [0, 0.1) is 6.92 Å². The van der Waals surface area contributed by atoms with Gasteiger partial charge in [0, 0.05) is 12.2 Å². The molecule has 1 amide bonds. The van der Waals surface area contributed by atoms with Crippen LogP contribution in [0.1, 0.15) is 11.3 Å². The molecule has 3 heterocycles. The third-order valence-electron chi connectivity index (χ3n) is 3.75. The average Bonchev–Trinajstić information content (AvgIpc) is 3.07. The highest BCUT2D eigenvalue weighted by atomic mass is 32.1. The lowest BCUT2D eigenvalue weighted by Gasteiger charge is -2.32. The summed E-state index contributed by atoms with van der Waals surface area (Å²) in [5.41, 5.74) is 2.03. The SMILES string of the molecule is Cc1ccc(OCC2CN(C(=O)Cc3ccsc3)CCO2)cn1. The molecular weight excluding hydrogens is 312 g/mol. The minimum atomic E-state index is -0.100. The molecule has 1 aliphatic rings. The van der Waals surface area contributed by atoms with Crippen LogP contribution < -0.4 is 4.74 Å². The van der Waals surface area contributed by atoms with Crippen molar-refractivity contribution < 1.29 is 14.3 Å². The van der Waals surface area contributed by atoms with Crippen molar-refractivity contribution in [2.24, 2.45) is 0 Å². The summed E-state index contributed by atoms with van der Waals surface area (Å²) in [5, 5.41) is 4.01. The Bertz CT molecular complexity index is 628. The fraction of sp³-hybridized carbons (Fsp3) is 0.412. The molecular formula is C17H20N2O3S. The first kappa shape index (κ1) is 16.0. The van der Waals surface area contributed by atoms with Gasteiger partial charge in [-0.3, -0.25) is 9.78 Å². The van der Waals surface area contributed by atoms with Crippen molar-refractivity contribution in [1.29, 1.82) is 0 Å². The molecule has 3 rings (SSSR count). The molecule has 0 spiro atoms. The second kappa shape index (κ2) is 7.57. The highest BCUT2D eigenvalue weighted by Gasteiger charge is 2.24. The zero-order chi connectivity index (χ0) is 16.1. The third-order valence-corrected chi connectivity index (χ3v) is 4.48. The lowest BCUT2D eigenvalue weighted by Crippen LogP contribution is -2.48. The normalized spacial score (nSPS) is 18.0. The first-order valence-electron chi connectivity index (χ1n) is 7.66. The van der Waals surface area contributed by atoms with Crippen LogP contribution in [0.25, 0.3) is 0 Å². The van der Waals surface area contributed by atoms with Crippen molar-refractivity contribution >= 4 is 17.2 Å². The van der Waals surface area contributed by atoms with Gasteiger partial charge in [-0.25, -0.2) is 0 Å². The molecule has 0 radical (unpaired) electrons. The summed E-state index contributed by atoms with van der Waals surface area (Å²) in [6.07, 6.45) is 2.06. The van der Waals surface area contributed by atoms with Crippen molar-refractivity contribution in [3.8, 4) is 5.75 Å². The molecule has 6 heteroatoms. The zero-order valence-electron chi connectivity index (χ0n) is 13.1. The molecule has 1 unspecified atom stereocenters. The van der Waals surface area contributed by atoms with Gasteiger partial charge in [0.2, 0.25) is 5.91 Å². The predicted molar refractivity (Wildman–Crippen MR) is 88.8 cm³/mol. The van der Waals surface area contributed by atoms with Gasteiger partial charge in [-0.05, 0) is 41.4 Å². The van der Waals surface area contributed by atoms with E-state index in [0.29, 0.717) is 32.7 Å². The van der Waals surface area contributed by atoms with Gasteiger partial charge < -0.3 is 14.4 Å². The van der Waals surface area contributed by atoms with E-state index in [4.69, 9.17) is 9.47 Å². The standard InChI is InChI=1S/C17H20N2O3S/c1-13-2-3-15(9-18-13)22-11-16-10-19(5-6-21-16)17(20)8-14-4-7-23-12-14/h2-4,7,9,12,16H,5-6,8,10-11H2,1H3. The first-order valence-corrected chi connectivity index (χ1v) is 8.61. The molecule has 0 aliphatic carbocycles. The minimum absolute atomic E-state index is 0.100. The highest BCUT2D eigenvalue weighted by Crippen LogP contribution is 2.14. The van der Waals surface area contributed by atoms with E-state index in [0.717, 1.165) is 17.0 Å². The number of amides is 1. The fourth-order valence-electron chi connectivity index (χ4n) is 2.46. The van der Waals surface area contributed by atoms with Gasteiger partial charge in [0.1, 0.15) is 18.5 Å². The number of aromatic nitrogens is 1. The molecule has 5 nitrogen and oxygen atoms in total. The molecule has 1 fully saturated rings. The Hall–Kier alpha value is -1.92. The van der Waals surface area contributed by atoms with Crippen molar-refractivity contribution in [1.82, 2.24) is 9.88 Å². The second-order valence-electron chi connectivity index (χ2n) is 5.59. The lowest BCUT2D eigenvalue weighted by atomic mass is 10.2. The molecule has 0 N–H and O–H groups in total. The molecule has 0 saturated carbocycles. The zero-order valence-corrected chi connectivity index (χ0v) is 13.9. The lowest BCUT2D eigenvalue weighted by molar-refractivity contribution is -0.139. The summed E-state index contributed by atoms with van der Waals surface area (Å²) in [5.74, 6) is 0.870. The van der Waals surface area contributed by atoms with Gasteiger partial charge in [-0.2, -0.15) is 11.3 Å². The summed E-state index contributed by atoms with van der Waals surface area (Å²) in [6.45, 7) is 4.13. The maximum Gasteiger partial charge on any atom is 0.227 e. The summed E-state index contributed by atoms with van der Waals surface area (Å²) in [7, 11) is 0. The second-order valence-corrected chi connectivity index (χ2v) is 6.37. The van der Waals surface area contributed by atoms with Crippen LogP contribution in [0.15, 0.2) is 35.2 Å². The van der Waals surface area contributed by atoms with E-state index in [1.807, 2.05) is 40.8 Å². The van der Waals surface area contributed by atoms with Crippen LogP contribution in [-0.2, 0) is 16.0 Å². The Morgan fingerprint density at radius 1 is 1.48 bits per heavy atom. The number of pyridine rings is 1. The Morgan fingerprint density at radius 2 is 2.39 bits per heavy atom. The number of thiophene rings is 1. The maximum atomic E-state index is 12.3. The molecule has 23 heavy (non-hydrogen) atoms. The molecule has 2 aromatic heterocycles. The van der Waals surface area contributed by atoms with Crippen LogP contribution in [0.5, 0.6) is 5.75 Å². The fourth-order valence-corrected chi connectivity index (χ4v) is 3.12. The summed E-state index contributed by atoms with van der Waals surface area (Å²) >= 11 is 1.61. The number of nitrogens with zero attached hydrogens (tertiary/aromatic N) is 2. The van der Waals surface area contributed by atoms with Crippen molar-refractivity contribution in [2.45, 2.75) is 19.4 Å². The quantitative estimate of drug-likeness (QED) is 0.843. The number of carbonyl (C=O) groups excluding carboxylic acids is 1. The number of hydrogen-bond donors (Lipinski definition) is 0. The maximum absolute atomic E-state index is 12.3. The third kappa shape index (κ3) is 4.53. The molecule has 0 aromatic carbocycles. The van der Waals surface area contributed by atoms with Crippen LogP contribution >= 0.6 is 11.3 Å². The van der Waals surface area contributed by atoms with E-state index in [1.165, 1.54) is 0 Å². The van der Waals surface area contributed by atoms with Crippen molar-refractivity contribution in [3.05, 3.63) is 46.4 Å². The number of ether oxygens (including phenoxy) is 2. The van der Waals surface area contributed by atoms with E-state index in [-0.39, 0.29) is 12.0 Å². The Balaban J connectivity index is 1.49. The Kier molecular flexibility index (Phi) is 5.25. The van der Waals surface area contributed by atoms with Gasteiger partial charge >= 0.3 is 0 Å². The summed E-state index contributed by atoms with van der Waals surface area (Å²) in [4.78, 5) is 18.4. The number of rotatable bonds is 5. The van der Waals surface area contributed by atoms with Crippen molar-refractivity contribution in [2.75, 3.05) is 26.3 Å². The molecule has 1 atom stereocenters. The van der Waals surface area contributed by atoms with Crippen LogP contribution in [0.2, 0.25) is 0 Å². The van der Waals surface area contributed by atoms with Gasteiger partial charge in [0.25, 0.3) is 0 Å². The van der Waals surface area contributed by atoms with E-state index in [2.05, 4.69) is 4.98 Å². The Labute approximate surface area is 139 Å². The summed E-state index contributed by atoms with van der Waals surface area (Å²) < 4.78 is 11.4. The molecule has 122 valence electrons. The van der Waals surface area contributed by atoms with Gasteiger partial charge in [0.05, 0.1) is 25.8 Å². The van der Waals surface area contributed by atoms with E-state index >= 15 is 0 Å². The molecule has 1 saturated heterocycles. The number of aryl methyl sites for hydroxylation is 1. The predicted octanol–water partition coefficient (Wildman–Crippen LogP) is 2.30. The topological polar surface area (TPSA) is 51.7 Å². The first-order chi connectivity index (χ1) is 11.2. The Morgan fingerprint density at radius 3 is 3.13 bits per heavy atom. The number of carbonyl (C=O) groups is 1. The van der Waals surface area contributed by atoms with Gasteiger partial charge in [0.15, 0.2) is 0 Å². The highest BCUT2D eigenvalue weighted by molar-refractivity contribution is 7.07. The van der Waals surface area contributed by atoms with Crippen molar-refractivity contribution in [3.63, 3.8) is 0 Å². The van der Waals surface area contributed by atoms with E-state index in [9.17, 15) is 4.79 Å². The van der Waals surface area contributed by atoms with Gasteiger partial charge in [-0.1, -0.05) is 0 Å². The minimum Gasteiger partial charge on any atom is -0.489 e. The number of hydrogen-bond acceptors (Lipinski definition) is 5. The monoisotopic (exact) mass is 332 g/mol. The average molecular weight is 332 g/mol. The molecule has 2 aromatic rings. The van der Waals surface area contributed by atoms with E-state index in [1.54, 1.807) is 17.5 Å². The van der Waals surface area contributed by atoms with Gasteiger partial charge in [-0.15, -0.1) is 0 Å². The smallest absolute Gasteiger partial charge is 0.227 e.